The van der Waals surface area contributed by atoms with Gasteiger partial charge in [-0.1, -0.05) is 12.1 Å². The minimum absolute atomic E-state index is 0.0878. The molecule has 0 unspecified atom stereocenters. The third-order valence-corrected chi connectivity index (χ3v) is 2.82. The summed E-state index contributed by atoms with van der Waals surface area (Å²) in [5.41, 5.74) is 1.73. The van der Waals surface area contributed by atoms with Crippen LogP contribution in [-0.2, 0) is 13.2 Å². The highest BCUT2D eigenvalue weighted by Gasteiger charge is 2.04. The predicted molar refractivity (Wildman–Crippen MR) is 73.1 cm³/mol. The van der Waals surface area contributed by atoms with Crippen molar-refractivity contribution in [1.29, 1.82) is 0 Å². The molecule has 0 bridgehead atoms. The van der Waals surface area contributed by atoms with Crippen LogP contribution in [0.25, 0.3) is 0 Å². The number of hydrogen-bond acceptors (Lipinski definition) is 5. The molecule has 1 aromatic carbocycles. The molecule has 0 fully saturated rings. The Kier molecular flexibility index (Phi) is 4.30. The SMILES string of the molecule is COc1ccc(CN(C)c2cnc(CO)cn2)cc1. The maximum absolute atomic E-state index is 8.92. The lowest BCUT2D eigenvalue weighted by Crippen LogP contribution is -2.18. The Labute approximate surface area is 112 Å². The van der Waals surface area contributed by atoms with Crippen molar-refractivity contribution < 1.29 is 9.84 Å². The fourth-order valence-corrected chi connectivity index (χ4v) is 1.71. The van der Waals surface area contributed by atoms with Gasteiger partial charge in [-0.2, -0.15) is 0 Å². The van der Waals surface area contributed by atoms with Crippen LogP contribution in [0.1, 0.15) is 11.3 Å². The largest absolute Gasteiger partial charge is 0.497 e. The van der Waals surface area contributed by atoms with Gasteiger partial charge in [0.15, 0.2) is 0 Å². The van der Waals surface area contributed by atoms with Crippen molar-refractivity contribution >= 4 is 5.82 Å². The normalized spacial score (nSPS) is 10.3. The van der Waals surface area contributed by atoms with Gasteiger partial charge in [-0.05, 0) is 17.7 Å². The molecule has 1 heterocycles. The number of methoxy groups -OCH3 is 1. The number of rotatable bonds is 5. The van der Waals surface area contributed by atoms with E-state index in [2.05, 4.69) is 9.97 Å². The van der Waals surface area contributed by atoms with Gasteiger partial charge in [-0.15, -0.1) is 0 Å². The molecule has 0 saturated heterocycles. The van der Waals surface area contributed by atoms with Crippen LogP contribution in [-0.4, -0.2) is 29.2 Å². The highest BCUT2D eigenvalue weighted by Crippen LogP contribution is 2.15. The maximum Gasteiger partial charge on any atom is 0.147 e. The van der Waals surface area contributed by atoms with Crippen LogP contribution < -0.4 is 9.64 Å². The van der Waals surface area contributed by atoms with Crippen LogP contribution in [0.5, 0.6) is 5.75 Å². The van der Waals surface area contributed by atoms with Crippen molar-refractivity contribution in [3.63, 3.8) is 0 Å². The predicted octanol–water partition coefficient (Wildman–Crippen LogP) is 1.61. The molecule has 100 valence electrons. The summed E-state index contributed by atoms with van der Waals surface area (Å²) in [6.07, 6.45) is 3.24. The Morgan fingerprint density at radius 1 is 1.16 bits per heavy atom. The van der Waals surface area contributed by atoms with Gasteiger partial charge in [0.05, 0.1) is 31.8 Å². The fourth-order valence-electron chi connectivity index (χ4n) is 1.71. The molecule has 0 saturated carbocycles. The van der Waals surface area contributed by atoms with Gasteiger partial charge >= 0.3 is 0 Å². The van der Waals surface area contributed by atoms with Crippen LogP contribution in [0, 0.1) is 0 Å². The monoisotopic (exact) mass is 259 g/mol. The molecule has 0 spiro atoms. The van der Waals surface area contributed by atoms with Crippen LogP contribution in [0.15, 0.2) is 36.7 Å². The highest BCUT2D eigenvalue weighted by atomic mass is 16.5. The standard InChI is InChI=1S/C14H17N3O2/c1-17(14-8-15-12(10-18)7-16-14)9-11-3-5-13(19-2)6-4-11/h3-8,18H,9-10H2,1-2H3. The van der Waals surface area contributed by atoms with E-state index >= 15 is 0 Å². The Hall–Kier alpha value is -2.14. The van der Waals surface area contributed by atoms with E-state index in [0.717, 1.165) is 23.7 Å². The summed E-state index contributed by atoms with van der Waals surface area (Å²) in [5, 5.41) is 8.92. The summed E-state index contributed by atoms with van der Waals surface area (Å²) < 4.78 is 5.12. The van der Waals surface area contributed by atoms with E-state index < -0.39 is 0 Å². The summed E-state index contributed by atoms with van der Waals surface area (Å²) in [6.45, 7) is 0.645. The van der Waals surface area contributed by atoms with Crippen molar-refractivity contribution in [1.82, 2.24) is 9.97 Å². The number of aliphatic hydroxyl groups is 1. The van der Waals surface area contributed by atoms with Gasteiger partial charge in [0.1, 0.15) is 11.6 Å². The molecule has 0 aliphatic heterocycles. The molecule has 0 radical (unpaired) electrons. The van der Waals surface area contributed by atoms with Gasteiger partial charge in [0.25, 0.3) is 0 Å². The number of hydrogen-bond donors (Lipinski definition) is 1. The quantitative estimate of drug-likeness (QED) is 0.884. The van der Waals surface area contributed by atoms with Gasteiger partial charge in [-0.25, -0.2) is 4.98 Å². The van der Waals surface area contributed by atoms with E-state index in [1.807, 2.05) is 36.2 Å². The van der Waals surface area contributed by atoms with E-state index in [1.54, 1.807) is 19.5 Å². The lowest BCUT2D eigenvalue weighted by Gasteiger charge is -2.18. The van der Waals surface area contributed by atoms with Gasteiger partial charge in [0, 0.05) is 13.6 Å². The lowest BCUT2D eigenvalue weighted by atomic mass is 10.2. The maximum atomic E-state index is 8.92. The zero-order valence-corrected chi connectivity index (χ0v) is 11.1. The number of aliphatic hydroxyl groups excluding tert-OH is 1. The highest BCUT2D eigenvalue weighted by molar-refractivity contribution is 5.37. The molecule has 5 heteroatoms. The van der Waals surface area contributed by atoms with E-state index in [4.69, 9.17) is 9.84 Å². The number of benzene rings is 1. The molecular formula is C14H17N3O2. The molecule has 1 aromatic heterocycles. The minimum atomic E-state index is -0.0878. The second-order valence-electron chi connectivity index (χ2n) is 4.23. The van der Waals surface area contributed by atoms with E-state index in [1.165, 1.54) is 0 Å². The first kappa shape index (κ1) is 13.3. The van der Waals surface area contributed by atoms with Gasteiger partial charge < -0.3 is 14.7 Å². The van der Waals surface area contributed by atoms with Gasteiger partial charge in [0.2, 0.25) is 0 Å². The molecule has 2 aromatic rings. The molecule has 0 amide bonds. The molecule has 0 aliphatic rings. The van der Waals surface area contributed by atoms with E-state index in [0.29, 0.717) is 5.69 Å². The zero-order chi connectivity index (χ0) is 13.7. The summed E-state index contributed by atoms with van der Waals surface area (Å²) >= 11 is 0. The Balaban J connectivity index is 2.04. The number of nitrogens with zero attached hydrogens (tertiary/aromatic N) is 3. The first-order chi connectivity index (χ1) is 9.22. The topological polar surface area (TPSA) is 58.5 Å². The third kappa shape index (κ3) is 3.42. The average molecular weight is 259 g/mol. The summed E-state index contributed by atoms with van der Waals surface area (Å²) in [6, 6.07) is 7.91. The first-order valence-electron chi connectivity index (χ1n) is 5.99. The van der Waals surface area contributed by atoms with Crippen LogP contribution >= 0.6 is 0 Å². The van der Waals surface area contributed by atoms with Crippen molar-refractivity contribution in [3.05, 3.63) is 47.9 Å². The molecular weight excluding hydrogens is 242 g/mol. The average Bonchev–Trinajstić information content (AvgIpc) is 2.48. The zero-order valence-electron chi connectivity index (χ0n) is 11.1. The molecule has 2 rings (SSSR count). The van der Waals surface area contributed by atoms with Crippen LogP contribution in [0.4, 0.5) is 5.82 Å². The van der Waals surface area contributed by atoms with Crippen molar-refractivity contribution in [2.24, 2.45) is 0 Å². The summed E-state index contributed by atoms with van der Waals surface area (Å²) in [4.78, 5) is 10.4. The molecule has 5 nitrogen and oxygen atoms in total. The van der Waals surface area contributed by atoms with Crippen LogP contribution in [0.3, 0.4) is 0 Å². The molecule has 0 aliphatic carbocycles. The number of anilines is 1. The second kappa shape index (κ2) is 6.15. The van der Waals surface area contributed by atoms with Crippen molar-refractivity contribution in [2.45, 2.75) is 13.2 Å². The molecule has 0 atom stereocenters. The Morgan fingerprint density at radius 2 is 1.89 bits per heavy atom. The summed E-state index contributed by atoms with van der Waals surface area (Å²) in [7, 11) is 3.60. The van der Waals surface area contributed by atoms with Crippen molar-refractivity contribution in [2.75, 3.05) is 19.1 Å². The van der Waals surface area contributed by atoms with E-state index in [-0.39, 0.29) is 6.61 Å². The third-order valence-electron chi connectivity index (χ3n) is 2.82. The minimum Gasteiger partial charge on any atom is -0.497 e. The smallest absolute Gasteiger partial charge is 0.147 e. The van der Waals surface area contributed by atoms with Crippen molar-refractivity contribution in [3.8, 4) is 5.75 Å². The second-order valence-corrected chi connectivity index (χ2v) is 4.23. The summed E-state index contributed by atoms with van der Waals surface area (Å²) in [5.74, 6) is 1.62. The van der Waals surface area contributed by atoms with Gasteiger partial charge in [-0.3, -0.25) is 4.98 Å². The lowest BCUT2D eigenvalue weighted by molar-refractivity contribution is 0.276. The first-order valence-corrected chi connectivity index (χ1v) is 5.99. The van der Waals surface area contributed by atoms with Crippen LogP contribution in [0.2, 0.25) is 0 Å². The number of aromatic nitrogens is 2. The molecule has 1 N–H and O–H groups in total. The fraction of sp³-hybridized carbons (Fsp3) is 0.286. The Morgan fingerprint density at radius 3 is 2.42 bits per heavy atom. The number of ether oxygens (including phenoxy) is 1. The Bertz CT molecular complexity index is 511. The molecule has 19 heavy (non-hydrogen) atoms. The van der Waals surface area contributed by atoms with E-state index in [9.17, 15) is 0 Å².